The summed E-state index contributed by atoms with van der Waals surface area (Å²) in [6, 6.07) is 6.10. The minimum atomic E-state index is -0.588. The third kappa shape index (κ3) is 5.26. The first-order valence-corrected chi connectivity index (χ1v) is 9.07. The lowest BCUT2D eigenvalue weighted by atomic mass is 10.2. The quantitative estimate of drug-likeness (QED) is 0.853. The molecule has 140 valence electrons. The first-order valence-electron chi connectivity index (χ1n) is 8.19. The maximum Gasteiger partial charge on any atom is 0.408 e. The number of anilines is 1. The van der Waals surface area contributed by atoms with Crippen LogP contribution in [-0.2, 0) is 11.3 Å². The Morgan fingerprint density at radius 1 is 1.31 bits per heavy atom. The van der Waals surface area contributed by atoms with Crippen LogP contribution in [0.4, 0.5) is 14.9 Å². The molecule has 0 saturated heterocycles. The number of nitrogens with one attached hydrogen (secondary N) is 1. The van der Waals surface area contributed by atoms with E-state index >= 15 is 0 Å². The van der Waals surface area contributed by atoms with Gasteiger partial charge in [0.25, 0.3) is 5.91 Å². The van der Waals surface area contributed by atoms with Gasteiger partial charge in [-0.1, -0.05) is 12.1 Å². The number of amides is 2. The van der Waals surface area contributed by atoms with E-state index in [2.05, 4.69) is 10.3 Å². The van der Waals surface area contributed by atoms with Gasteiger partial charge in [-0.2, -0.15) is 0 Å². The fraction of sp³-hybridized carbons (Fsp3) is 0.389. The van der Waals surface area contributed by atoms with Crippen LogP contribution < -0.4 is 10.2 Å². The van der Waals surface area contributed by atoms with Crippen LogP contribution in [-0.4, -0.2) is 29.1 Å². The summed E-state index contributed by atoms with van der Waals surface area (Å²) in [5, 5.41) is 4.75. The lowest BCUT2D eigenvalue weighted by molar-refractivity contribution is 0.0523. The molecule has 0 atom stereocenters. The third-order valence-electron chi connectivity index (χ3n) is 3.26. The number of ether oxygens (including phenoxy) is 1. The maximum atomic E-state index is 14.0. The molecule has 1 heterocycles. The number of rotatable bonds is 5. The van der Waals surface area contributed by atoms with Crippen LogP contribution in [0.2, 0.25) is 0 Å². The normalized spacial score (nSPS) is 11.1. The van der Waals surface area contributed by atoms with Crippen LogP contribution in [0.1, 0.15) is 43.2 Å². The van der Waals surface area contributed by atoms with Crippen molar-refractivity contribution >= 4 is 29.0 Å². The summed E-state index contributed by atoms with van der Waals surface area (Å²) in [5.41, 5.74) is -0.169. The number of carbonyl (C=O) groups is 2. The van der Waals surface area contributed by atoms with Crippen LogP contribution in [0, 0.1) is 5.82 Å². The van der Waals surface area contributed by atoms with Crippen LogP contribution in [0.3, 0.4) is 0 Å². The van der Waals surface area contributed by atoms with E-state index in [1.165, 1.54) is 22.3 Å². The summed E-state index contributed by atoms with van der Waals surface area (Å²) >= 11 is 1.24. The van der Waals surface area contributed by atoms with Gasteiger partial charge in [-0.05, 0) is 39.8 Å². The molecule has 2 aromatic rings. The molecule has 0 spiro atoms. The van der Waals surface area contributed by atoms with Crippen molar-refractivity contribution in [2.24, 2.45) is 0 Å². The smallest absolute Gasteiger partial charge is 0.408 e. The zero-order chi connectivity index (χ0) is 19.3. The fourth-order valence-electron chi connectivity index (χ4n) is 2.18. The molecule has 26 heavy (non-hydrogen) atoms. The lowest BCUT2D eigenvalue weighted by Crippen LogP contribution is -2.32. The zero-order valence-electron chi connectivity index (χ0n) is 15.2. The molecular formula is C18H22FN3O3S. The molecule has 0 bridgehead atoms. The predicted octanol–water partition coefficient (Wildman–Crippen LogP) is 3.97. The first kappa shape index (κ1) is 19.8. The molecule has 1 aromatic heterocycles. The number of benzene rings is 1. The van der Waals surface area contributed by atoms with E-state index in [0.29, 0.717) is 11.6 Å². The van der Waals surface area contributed by atoms with Gasteiger partial charge in [-0.15, -0.1) is 11.3 Å². The molecule has 0 unspecified atom stereocenters. The standard InChI is InChI=1S/C18H22FN3O3S/c1-5-22(14-9-7-6-8-12(14)19)16(23)13-11-26-15(21-13)10-20-17(24)25-18(2,3)4/h6-9,11H,5,10H2,1-4H3,(H,20,24). The highest BCUT2D eigenvalue weighted by Crippen LogP contribution is 2.21. The molecule has 1 aromatic carbocycles. The van der Waals surface area contributed by atoms with Gasteiger partial charge < -0.3 is 15.0 Å². The Morgan fingerprint density at radius 3 is 2.62 bits per heavy atom. The molecule has 1 N–H and O–H groups in total. The Kier molecular flexibility index (Phi) is 6.31. The van der Waals surface area contributed by atoms with E-state index in [4.69, 9.17) is 4.74 Å². The van der Waals surface area contributed by atoms with Crippen LogP contribution >= 0.6 is 11.3 Å². The van der Waals surface area contributed by atoms with Crippen LogP contribution in [0.15, 0.2) is 29.6 Å². The number of halogens is 1. The van der Waals surface area contributed by atoms with Crippen molar-refractivity contribution < 1.29 is 18.7 Å². The number of carbonyl (C=O) groups excluding carboxylic acids is 2. The first-order chi connectivity index (χ1) is 12.2. The van der Waals surface area contributed by atoms with Crippen molar-refractivity contribution in [3.05, 3.63) is 46.2 Å². The number of para-hydroxylation sites is 1. The Labute approximate surface area is 156 Å². The molecule has 0 saturated carbocycles. The van der Waals surface area contributed by atoms with Gasteiger partial charge in [0, 0.05) is 11.9 Å². The number of nitrogens with zero attached hydrogens (tertiary/aromatic N) is 2. The molecule has 2 rings (SSSR count). The van der Waals surface area contributed by atoms with Gasteiger partial charge in [0.15, 0.2) is 0 Å². The Balaban J connectivity index is 2.05. The van der Waals surface area contributed by atoms with E-state index in [0.717, 1.165) is 0 Å². The summed E-state index contributed by atoms with van der Waals surface area (Å²) in [5.74, 6) is -0.859. The average molecular weight is 379 g/mol. The maximum absolute atomic E-state index is 14.0. The zero-order valence-corrected chi connectivity index (χ0v) is 16.0. The summed E-state index contributed by atoms with van der Waals surface area (Å²) < 4.78 is 19.1. The molecule has 6 nitrogen and oxygen atoms in total. The molecule has 2 amide bonds. The van der Waals surface area contributed by atoms with Crippen molar-refractivity contribution in [2.45, 2.75) is 39.8 Å². The Morgan fingerprint density at radius 2 is 2.00 bits per heavy atom. The van der Waals surface area contributed by atoms with E-state index < -0.39 is 23.4 Å². The molecular weight excluding hydrogens is 357 g/mol. The van der Waals surface area contributed by atoms with Gasteiger partial charge in [0.2, 0.25) is 0 Å². The van der Waals surface area contributed by atoms with Crippen molar-refractivity contribution in [1.82, 2.24) is 10.3 Å². The van der Waals surface area contributed by atoms with Gasteiger partial charge in [-0.25, -0.2) is 14.2 Å². The fourth-order valence-corrected chi connectivity index (χ4v) is 2.89. The minimum Gasteiger partial charge on any atom is -0.444 e. The second-order valence-corrected chi connectivity index (χ2v) is 7.43. The number of thiazole rings is 1. The van der Waals surface area contributed by atoms with Gasteiger partial charge in [0.05, 0.1) is 12.2 Å². The summed E-state index contributed by atoms with van der Waals surface area (Å²) in [6.45, 7) is 7.54. The second-order valence-electron chi connectivity index (χ2n) is 6.48. The summed E-state index contributed by atoms with van der Waals surface area (Å²) in [6.07, 6.45) is -0.554. The monoisotopic (exact) mass is 379 g/mol. The lowest BCUT2D eigenvalue weighted by Gasteiger charge is -2.20. The second kappa shape index (κ2) is 8.27. The highest BCUT2D eigenvalue weighted by Gasteiger charge is 2.22. The summed E-state index contributed by atoms with van der Waals surface area (Å²) in [7, 11) is 0. The van der Waals surface area contributed by atoms with E-state index in [-0.39, 0.29) is 17.9 Å². The summed E-state index contributed by atoms with van der Waals surface area (Å²) in [4.78, 5) is 29.9. The molecule has 0 aliphatic heterocycles. The minimum absolute atomic E-state index is 0.151. The van der Waals surface area contributed by atoms with E-state index in [9.17, 15) is 14.0 Å². The molecule has 0 aliphatic rings. The predicted molar refractivity (Wildman–Crippen MR) is 98.9 cm³/mol. The number of hydrogen-bond donors (Lipinski definition) is 1. The highest BCUT2D eigenvalue weighted by molar-refractivity contribution is 7.09. The Hall–Kier alpha value is -2.48. The molecule has 8 heteroatoms. The SMILES string of the molecule is CCN(C(=O)c1csc(CNC(=O)OC(C)(C)C)n1)c1ccccc1F. The number of alkyl carbamates (subject to hydrolysis) is 1. The number of aromatic nitrogens is 1. The average Bonchev–Trinajstić information content (AvgIpc) is 3.02. The van der Waals surface area contributed by atoms with E-state index in [1.54, 1.807) is 51.3 Å². The molecule has 0 radical (unpaired) electrons. The topological polar surface area (TPSA) is 71.5 Å². The number of hydrogen-bond acceptors (Lipinski definition) is 5. The van der Waals surface area contributed by atoms with Crippen LogP contribution in [0.25, 0.3) is 0 Å². The molecule has 0 fully saturated rings. The van der Waals surface area contributed by atoms with Gasteiger partial charge in [0.1, 0.15) is 22.1 Å². The van der Waals surface area contributed by atoms with E-state index in [1.807, 2.05) is 0 Å². The van der Waals surface area contributed by atoms with Gasteiger partial charge >= 0.3 is 6.09 Å². The Bertz CT molecular complexity index is 786. The highest BCUT2D eigenvalue weighted by atomic mass is 32.1. The van der Waals surface area contributed by atoms with Crippen LogP contribution in [0.5, 0.6) is 0 Å². The largest absolute Gasteiger partial charge is 0.444 e. The van der Waals surface area contributed by atoms with Crippen molar-refractivity contribution in [3.63, 3.8) is 0 Å². The van der Waals surface area contributed by atoms with Crippen molar-refractivity contribution in [2.75, 3.05) is 11.4 Å². The van der Waals surface area contributed by atoms with Gasteiger partial charge in [-0.3, -0.25) is 4.79 Å². The third-order valence-corrected chi connectivity index (χ3v) is 4.11. The van der Waals surface area contributed by atoms with Crippen molar-refractivity contribution in [3.8, 4) is 0 Å². The van der Waals surface area contributed by atoms with Crippen molar-refractivity contribution in [1.29, 1.82) is 0 Å². The molecule has 0 aliphatic carbocycles.